The fourth-order valence-corrected chi connectivity index (χ4v) is 8.44. The Balaban J connectivity index is 0.00000192. The van der Waals surface area contributed by atoms with E-state index < -0.39 is 0 Å². The minimum absolute atomic E-state index is 0. The van der Waals surface area contributed by atoms with Gasteiger partial charge in [-0.05, 0) is 117 Å². The van der Waals surface area contributed by atoms with Crippen LogP contribution in [0.5, 0.6) is 0 Å². The summed E-state index contributed by atoms with van der Waals surface area (Å²) in [5.41, 5.74) is 17.1. The molecular formula is C41H54Li4N2. The molecule has 0 bridgehead atoms. The molecule has 2 nitrogen and oxygen atoms in total. The Morgan fingerprint density at radius 3 is 1.21 bits per heavy atom. The number of hydrogen-bond donors (Lipinski definition) is 2. The fraction of sp³-hybridized carbons (Fsp3) is 0.512. The van der Waals surface area contributed by atoms with Gasteiger partial charge in [0.2, 0.25) is 0 Å². The molecule has 0 aliphatic heterocycles. The van der Waals surface area contributed by atoms with Crippen LogP contribution < -0.4 is 10.6 Å². The van der Waals surface area contributed by atoms with Crippen molar-refractivity contribution in [3.8, 4) is 0 Å². The van der Waals surface area contributed by atoms with E-state index in [-0.39, 0.29) is 75.4 Å². The molecule has 6 rings (SSSR count). The Kier molecular flexibility index (Phi) is 17.3. The van der Waals surface area contributed by atoms with E-state index >= 15 is 0 Å². The van der Waals surface area contributed by atoms with Gasteiger partial charge in [0.25, 0.3) is 0 Å². The molecule has 2 aromatic carbocycles. The second kappa shape index (κ2) is 19.1. The van der Waals surface area contributed by atoms with E-state index in [9.17, 15) is 0 Å². The Bertz CT molecular complexity index is 1380. The predicted octanol–water partition coefficient (Wildman–Crippen LogP) is 9.98. The number of allylic oxidation sites excluding steroid dienone is 8. The average molecular weight is 603 g/mol. The Morgan fingerprint density at radius 2 is 0.894 bits per heavy atom. The standard InChI is InChI=1S/C41H54N2.4Li/c1-26-21-28(3)40(30(26)5)36-24-32(17-19-38(36)42-34-13-9-7-10-14-34)23-33-18-20-39(43-35-15-11-8-12-16-35)37(25-33)41-29(4)22-27(2)31(41)6;;;;/h17-22,24-25,28-29,34-35,42-43H,7-16,23H2,1-6H3;;;;. The number of rotatable bonds is 8. The molecule has 4 aliphatic carbocycles. The summed E-state index contributed by atoms with van der Waals surface area (Å²) in [5.74, 6) is 0.904. The van der Waals surface area contributed by atoms with Gasteiger partial charge in [-0.2, -0.15) is 0 Å². The average Bonchev–Trinajstić information content (AvgIpc) is 3.41. The first-order valence-corrected chi connectivity index (χ1v) is 17.4. The van der Waals surface area contributed by atoms with E-state index in [1.807, 2.05) is 0 Å². The maximum absolute atomic E-state index is 4.00. The van der Waals surface area contributed by atoms with Gasteiger partial charge in [-0.15, -0.1) is 0 Å². The number of nitrogens with one attached hydrogen (secondary N) is 2. The van der Waals surface area contributed by atoms with Crippen molar-refractivity contribution < 1.29 is 0 Å². The summed E-state index contributed by atoms with van der Waals surface area (Å²) < 4.78 is 0. The van der Waals surface area contributed by atoms with Crippen LogP contribution in [0.2, 0.25) is 0 Å². The smallest absolute Gasteiger partial charge is 0.0419 e. The van der Waals surface area contributed by atoms with Crippen LogP contribution >= 0.6 is 0 Å². The summed E-state index contributed by atoms with van der Waals surface area (Å²) in [6.45, 7) is 13.9. The first-order chi connectivity index (χ1) is 20.8. The van der Waals surface area contributed by atoms with Crippen LogP contribution in [0.3, 0.4) is 0 Å². The second-order valence-electron chi connectivity index (χ2n) is 14.2. The van der Waals surface area contributed by atoms with Crippen molar-refractivity contribution in [2.75, 3.05) is 10.6 Å². The maximum Gasteiger partial charge on any atom is 0.0419 e. The third kappa shape index (κ3) is 9.80. The molecule has 0 spiro atoms. The van der Waals surface area contributed by atoms with Crippen molar-refractivity contribution in [2.24, 2.45) is 11.8 Å². The van der Waals surface area contributed by atoms with Crippen LogP contribution in [0.15, 0.2) is 70.8 Å². The molecule has 2 N–H and O–H groups in total. The molecule has 0 amide bonds. The van der Waals surface area contributed by atoms with Crippen molar-refractivity contribution >= 4 is 98.0 Å². The molecular weight excluding hydrogens is 548 g/mol. The molecule has 2 aromatic rings. The van der Waals surface area contributed by atoms with E-state index in [0.29, 0.717) is 23.9 Å². The van der Waals surface area contributed by atoms with Crippen LogP contribution in [-0.2, 0) is 6.42 Å². The zero-order valence-corrected chi connectivity index (χ0v) is 31.7. The summed E-state index contributed by atoms with van der Waals surface area (Å²) in [4.78, 5) is 0. The van der Waals surface area contributed by atoms with Crippen molar-refractivity contribution in [3.63, 3.8) is 0 Å². The van der Waals surface area contributed by atoms with Gasteiger partial charge in [0.1, 0.15) is 0 Å². The van der Waals surface area contributed by atoms with Crippen molar-refractivity contribution in [3.05, 3.63) is 93.1 Å². The Morgan fingerprint density at radius 1 is 0.532 bits per heavy atom. The summed E-state index contributed by atoms with van der Waals surface area (Å²) >= 11 is 0. The molecule has 2 fully saturated rings. The molecule has 4 radical (unpaired) electrons. The normalized spacial score (nSPS) is 21.6. The number of anilines is 2. The first-order valence-electron chi connectivity index (χ1n) is 17.4. The van der Waals surface area contributed by atoms with Gasteiger partial charge in [-0.3, -0.25) is 0 Å². The SMILES string of the molecule is CC1=CC(C)C(c2cc(Cc3ccc(NC4CCCCC4)c(C4=C(C)C(C)=CC4C)c3)ccc2NC2CCCCC2)=C1C.[Li].[Li].[Li].[Li]. The van der Waals surface area contributed by atoms with E-state index in [2.05, 4.69) is 101 Å². The van der Waals surface area contributed by atoms with Gasteiger partial charge < -0.3 is 10.6 Å². The van der Waals surface area contributed by atoms with Gasteiger partial charge in [0.05, 0.1) is 0 Å². The third-order valence-electron chi connectivity index (χ3n) is 11.0. The molecule has 232 valence electrons. The van der Waals surface area contributed by atoms with E-state index in [1.165, 1.54) is 131 Å². The number of hydrogen-bond acceptors (Lipinski definition) is 2. The van der Waals surface area contributed by atoms with Gasteiger partial charge >= 0.3 is 0 Å². The second-order valence-corrected chi connectivity index (χ2v) is 14.2. The van der Waals surface area contributed by atoms with Gasteiger partial charge in [-0.1, -0.05) is 87.8 Å². The molecule has 0 heterocycles. The fourth-order valence-electron chi connectivity index (χ4n) is 8.44. The predicted molar refractivity (Wildman–Crippen MR) is 211 cm³/mol. The van der Waals surface area contributed by atoms with E-state index in [1.54, 1.807) is 0 Å². The first kappa shape index (κ1) is 42.6. The van der Waals surface area contributed by atoms with Crippen molar-refractivity contribution in [1.82, 2.24) is 0 Å². The van der Waals surface area contributed by atoms with Crippen LogP contribution in [0, 0.1) is 11.8 Å². The van der Waals surface area contributed by atoms with Crippen LogP contribution in [0.1, 0.15) is 128 Å². The van der Waals surface area contributed by atoms with E-state index in [0.717, 1.165) is 6.42 Å². The van der Waals surface area contributed by atoms with Crippen LogP contribution in [-0.4, -0.2) is 87.5 Å². The van der Waals surface area contributed by atoms with Gasteiger partial charge in [-0.25, -0.2) is 0 Å². The molecule has 6 heteroatoms. The van der Waals surface area contributed by atoms with Gasteiger partial charge in [0, 0.05) is 122 Å². The molecule has 2 unspecified atom stereocenters. The summed E-state index contributed by atoms with van der Waals surface area (Å²) in [6.07, 6.45) is 19.2. The molecule has 2 saturated carbocycles. The molecule has 4 aliphatic rings. The van der Waals surface area contributed by atoms with Gasteiger partial charge in [0.15, 0.2) is 0 Å². The molecule has 0 saturated heterocycles. The van der Waals surface area contributed by atoms with Crippen LogP contribution in [0.25, 0.3) is 11.1 Å². The molecule has 0 aromatic heterocycles. The largest absolute Gasteiger partial charge is 0.382 e. The minimum atomic E-state index is 0. The summed E-state index contributed by atoms with van der Waals surface area (Å²) in [7, 11) is 0. The minimum Gasteiger partial charge on any atom is -0.382 e. The van der Waals surface area contributed by atoms with E-state index in [4.69, 9.17) is 0 Å². The monoisotopic (exact) mass is 602 g/mol. The Hall–Kier alpha value is -0.610. The topological polar surface area (TPSA) is 24.1 Å². The molecule has 47 heavy (non-hydrogen) atoms. The zero-order chi connectivity index (χ0) is 30.1. The summed E-state index contributed by atoms with van der Waals surface area (Å²) in [5, 5.41) is 8.00. The van der Waals surface area contributed by atoms with Crippen LogP contribution in [0.4, 0.5) is 11.4 Å². The maximum atomic E-state index is 4.00. The van der Waals surface area contributed by atoms with Crippen molar-refractivity contribution in [2.45, 2.75) is 124 Å². The quantitative estimate of drug-likeness (QED) is 0.294. The molecule has 2 atom stereocenters. The third-order valence-corrected chi connectivity index (χ3v) is 11.0. The number of benzene rings is 2. The summed E-state index contributed by atoms with van der Waals surface area (Å²) in [6, 6.07) is 15.7. The Labute approximate surface area is 335 Å². The zero-order valence-electron chi connectivity index (χ0n) is 31.7. The van der Waals surface area contributed by atoms with Crippen molar-refractivity contribution in [1.29, 1.82) is 0 Å².